The van der Waals surface area contributed by atoms with E-state index in [1.165, 1.54) is 11.8 Å². The number of methoxy groups -OCH3 is 1. The highest BCUT2D eigenvalue weighted by Gasteiger charge is 2.33. The predicted molar refractivity (Wildman–Crippen MR) is 108 cm³/mol. The molecular formula is C22H24N2O5. The van der Waals surface area contributed by atoms with Crippen molar-refractivity contribution in [1.29, 1.82) is 0 Å². The average Bonchev–Trinajstić information content (AvgIpc) is 2.72. The lowest BCUT2D eigenvalue weighted by atomic mass is 10.1. The lowest BCUT2D eigenvalue weighted by Crippen LogP contribution is -2.57. The minimum Gasteiger partial charge on any atom is -0.497 e. The van der Waals surface area contributed by atoms with E-state index in [1.807, 2.05) is 25.1 Å². The molecule has 0 spiro atoms. The Labute approximate surface area is 169 Å². The Kier molecular flexibility index (Phi) is 6.16. The van der Waals surface area contributed by atoms with Gasteiger partial charge in [-0.2, -0.15) is 0 Å². The molecule has 2 aromatic rings. The van der Waals surface area contributed by atoms with Crippen molar-refractivity contribution in [2.75, 3.05) is 31.7 Å². The fourth-order valence-corrected chi connectivity index (χ4v) is 3.32. The second kappa shape index (κ2) is 8.77. The molecule has 7 heteroatoms. The SMILES string of the molecule is COc1cccc(N2C(=O)CN(C(=O)COc3ccc(C(C)=O)cc3)C[C@H]2C)c1. The molecule has 0 radical (unpaired) electrons. The lowest BCUT2D eigenvalue weighted by Gasteiger charge is -2.39. The number of rotatable bonds is 6. The van der Waals surface area contributed by atoms with Crippen LogP contribution in [0, 0.1) is 0 Å². The Hall–Kier alpha value is -3.35. The Bertz CT molecular complexity index is 910. The molecule has 0 bridgehead atoms. The van der Waals surface area contributed by atoms with E-state index in [4.69, 9.17) is 9.47 Å². The van der Waals surface area contributed by atoms with Gasteiger partial charge in [-0.15, -0.1) is 0 Å². The number of carbonyl (C=O) groups excluding carboxylic acids is 3. The molecule has 1 atom stereocenters. The number of carbonyl (C=O) groups is 3. The summed E-state index contributed by atoms with van der Waals surface area (Å²) in [4.78, 5) is 39.8. The first kappa shape index (κ1) is 20.4. The number of hydrogen-bond acceptors (Lipinski definition) is 5. The third-order valence-electron chi connectivity index (χ3n) is 4.83. The zero-order valence-electron chi connectivity index (χ0n) is 16.8. The first-order chi connectivity index (χ1) is 13.9. The van der Waals surface area contributed by atoms with Gasteiger partial charge in [0.1, 0.15) is 18.0 Å². The molecule has 1 aliphatic rings. The second-order valence-corrected chi connectivity index (χ2v) is 6.96. The number of ether oxygens (including phenoxy) is 2. The number of benzene rings is 2. The van der Waals surface area contributed by atoms with Crippen molar-refractivity contribution in [3.8, 4) is 11.5 Å². The van der Waals surface area contributed by atoms with Gasteiger partial charge in [0, 0.05) is 23.9 Å². The maximum atomic E-state index is 12.7. The number of hydrogen-bond donors (Lipinski definition) is 0. The third kappa shape index (κ3) is 4.74. The van der Waals surface area contributed by atoms with Gasteiger partial charge >= 0.3 is 0 Å². The summed E-state index contributed by atoms with van der Waals surface area (Å²) in [6.45, 7) is 3.63. The first-order valence-electron chi connectivity index (χ1n) is 9.36. The van der Waals surface area contributed by atoms with Crippen molar-refractivity contribution in [2.24, 2.45) is 0 Å². The monoisotopic (exact) mass is 396 g/mol. The Morgan fingerprint density at radius 2 is 1.83 bits per heavy atom. The summed E-state index contributed by atoms with van der Waals surface area (Å²) in [7, 11) is 1.58. The molecule has 0 aromatic heterocycles. The molecule has 0 unspecified atom stereocenters. The number of nitrogens with zero attached hydrogens (tertiary/aromatic N) is 2. The first-order valence-corrected chi connectivity index (χ1v) is 9.36. The summed E-state index contributed by atoms with van der Waals surface area (Å²) < 4.78 is 10.8. The normalized spacial score (nSPS) is 16.5. The smallest absolute Gasteiger partial charge is 0.261 e. The van der Waals surface area contributed by atoms with Crippen LogP contribution in [0.2, 0.25) is 0 Å². The summed E-state index contributed by atoms with van der Waals surface area (Å²) in [6.07, 6.45) is 0. The Balaban J connectivity index is 1.60. The maximum Gasteiger partial charge on any atom is 0.261 e. The van der Waals surface area contributed by atoms with E-state index >= 15 is 0 Å². The molecule has 7 nitrogen and oxygen atoms in total. The van der Waals surface area contributed by atoms with Crippen LogP contribution in [0.5, 0.6) is 11.5 Å². The fourth-order valence-electron chi connectivity index (χ4n) is 3.32. The zero-order chi connectivity index (χ0) is 21.0. The summed E-state index contributed by atoms with van der Waals surface area (Å²) in [5, 5.41) is 0. The molecule has 152 valence electrons. The molecule has 2 aromatic carbocycles. The van der Waals surface area contributed by atoms with Crippen LogP contribution in [-0.4, -0.2) is 55.3 Å². The molecule has 1 aliphatic heterocycles. The summed E-state index contributed by atoms with van der Waals surface area (Å²) in [5.41, 5.74) is 1.33. The summed E-state index contributed by atoms with van der Waals surface area (Å²) >= 11 is 0. The fraction of sp³-hybridized carbons (Fsp3) is 0.318. The summed E-state index contributed by atoms with van der Waals surface area (Å²) in [5.74, 6) is 0.722. The zero-order valence-corrected chi connectivity index (χ0v) is 16.8. The number of ketones is 1. The van der Waals surface area contributed by atoms with Crippen molar-refractivity contribution < 1.29 is 23.9 Å². The van der Waals surface area contributed by atoms with E-state index in [0.717, 1.165) is 5.69 Å². The van der Waals surface area contributed by atoms with Crippen LogP contribution in [0.15, 0.2) is 48.5 Å². The van der Waals surface area contributed by atoms with E-state index in [-0.39, 0.29) is 36.8 Å². The van der Waals surface area contributed by atoms with Gasteiger partial charge in [-0.3, -0.25) is 14.4 Å². The van der Waals surface area contributed by atoms with Gasteiger partial charge in [-0.25, -0.2) is 0 Å². The molecule has 0 saturated carbocycles. The second-order valence-electron chi connectivity index (χ2n) is 6.96. The molecule has 2 amide bonds. The molecule has 29 heavy (non-hydrogen) atoms. The molecule has 3 rings (SSSR count). The van der Waals surface area contributed by atoms with E-state index in [2.05, 4.69) is 0 Å². The van der Waals surface area contributed by atoms with Crippen LogP contribution in [0.25, 0.3) is 0 Å². The quantitative estimate of drug-likeness (QED) is 0.702. The van der Waals surface area contributed by atoms with Gasteiger partial charge in [0.25, 0.3) is 5.91 Å². The highest BCUT2D eigenvalue weighted by molar-refractivity contribution is 5.99. The van der Waals surface area contributed by atoms with Gasteiger partial charge < -0.3 is 19.3 Å². The van der Waals surface area contributed by atoms with Crippen LogP contribution >= 0.6 is 0 Å². The van der Waals surface area contributed by atoms with Gasteiger partial charge in [0.15, 0.2) is 12.4 Å². The summed E-state index contributed by atoms with van der Waals surface area (Å²) in [6, 6.07) is 13.7. The minimum absolute atomic E-state index is 0.00693. The molecule has 0 N–H and O–H groups in total. The van der Waals surface area contributed by atoms with Crippen molar-refractivity contribution >= 4 is 23.3 Å². The number of anilines is 1. The maximum absolute atomic E-state index is 12.7. The highest BCUT2D eigenvalue weighted by atomic mass is 16.5. The topological polar surface area (TPSA) is 76.2 Å². The largest absolute Gasteiger partial charge is 0.497 e. The van der Waals surface area contributed by atoms with Crippen molar-refractivity contribution in [3.05, 3.63) is 54.1 Å². The molecular weight excluding hydrogens is 372 g/mol. The Morgan fingerprint density at radius 3 is 2.45 bits per heavy atom. The van der Waals surface area contributed by atoms with Crippen LogP contribution in [-0.2, 0) is 9.59 Å². The van der Waals surface area contributed by atoms with Crippen LogP contribution in [0.3, 0.4) is 0 Å². The molecule has 1 saturated heterocycles. The molecule has 0 aliphatic carbocycles. The third-order valence-corrected chi connectivity index (χ3v) is 4.83. The van der Waals surface area contributed by atoms with Crippen molar-refractivity contribution in [2.45, 2.75) is 19.9 Å². The van der Waals surface area contributed by atoms with Gasteiger partial charge in [-0.05, 0) is 50.2 Å². The lowest BCUT2D eigenvalue weighted by molar-refractivity contribution is -0.139. The van der Waals surface area contributed by atoms with Gasteiger partial charge in [-0.1, -0.05) is 6.07 Å². The van der Waals surface area contributed by atoms with Crippen molar-refractivity contribution in [1.82, 2.24) is 4.90 Å². The van der Waals surface area contributed by atoms with Crippen molar-refractivity contribution in [3.63, 3.8) is 0 Å². The average molecular weight is 396 g/mol. The highest BCUT2D eigenvalue weighted by Crippen LogP contribution is 2.25. The predicted octanol–water partition coefficient (Wildman–Crippen LogP) is 2.54. The van der Waals surface area contributed by atoms with Crippen LogP contribution in [0.4, 0.5) is 5.69 Å². The Morgan fingerprint density at radius 1 is 1.10 bits per heavy atom. The molecule has 1 heterocycles. The molecule has 1 fully saturated rings. The van der Waals surface area contributed by atoms with Crippen LogP contribution < -0.4 is 14.4 Å². The minimum atomic E-state index is -0.258. The standard InChI is InChI=1S/C22H24N2O5/c1-15-12-23(13-21(26)24(15)18-5-4-6-20(11-18)28-3)22(27)14-29-19-9-7-17(8-10-19)16(2)25/h4-11,15H,12-14H2,1-3H3/t15-/m1/s1. The van der Waals surface area contributed by atoms with E-state index < -0.39 is 0 Å². The number of amides is 2. The van der Waals surface area contributed by atoms with E-state index in [0.29, 0.717) is 23.6 Å². The number of Topliss-reactive ketones (excluding diaryl/α,β-unsaturated/α-hetero) is 1. The van der Waals surface area contributed by atoms with E-state index in [1.54, 1.807) is 42.3 Å². The van der Waals surface area contributed by atoms with Gasteiger partial charge in [0.05, 0.1) is 13.2 Å². The number of piperazine rings is 1. The van der Waals surface area contributed by atoms with E-state index in [9.17, 15) is 14.4 Å². The van der Waals surface area contributed by atoms with Gasteiger partial charge in [0.2, 0.25) is 5.91 Å². The van der Waals surface area contributed by atoms with Crippen LogP contribution in [0.1, 0.15) is 24.2 Å².